The van der Waals surface area contributed by atoms with E-state index >= 15 is 0 Å². The van der Waals surface area contributed by atoms with E-state index in [1.54, 1.807) is 7.05 Å². The molecule has 2 N–H and O–H groups in total. The maximum absolute atomic E-state index is 4.63. The number of rotatable bonds is 2. The van der Waals surface area contributed by atoms with Crippen LogP contribution in [0.25, 0.3) is 11.0 Å². The summed E-state index contributed by atoms with van der Waals surface area (Å²) in [6, 6.07) is 8.14. The Morgan fingerprint density at radius 2 is 1.95 bits per heavy atom. The normalized spacial score (nSPS) is 12.1. The van der Waals surface area contributed by atoms with Crippen molar-refractivity contribution in [3.05, 3.63) is 30.1 Å². The van der Waals surface area contributed by atoms with Gasteiger partial charge < -0.3 is 15.2 Å². The van der Waals surface area contributed by atoms with Crippen LogP contribution in [0.4, 0.5) is 0 Å². The molecule has 2 aromatic rings. The van der Waals surface area contributed by atoms with Crippen molar-refractivity contribution in [2.24, 2.45) is 12.0 Å². The van der Waals surface area contributed by atoms with E-state index in [0.29, 0.717) is 6.54 Å². The third-order valence-electron chi connectivity index (χ3n) is 3.01. The summed E-state index contributed by atoms with van der Waals surface area (Å²) in [6.07, 6.45) is 0. The van der Waals surface area contributed by atoms with Crippen LogP contribution in [-0.2, 0) is 13.6 Å². The van der Waals surface area contributed by atoms with Gasteiger partial charge in [-0.05, 0) is 32.9 Å². The minimum absolute atomic E-state index is 0. The van der Waals surface area contributed by atoms with Crippen LogP contribution >= 0.6 is 24.0 Å². The second kappa shape index (κ2) is 7.11. The van der Waals surface area contributed by atoms with Crippen LogP contribution in [0.2, 0.25) is 0 Å². The van der Waals surface area contributed by atoms with Gasteiger partial charge in [0.1, 0.15) is 5.82 Å². The molecular weight excluding hydrogens is 377 g/mol. The molecule has 21 heavy (non-hydrogen) atoms. The van der Waals surface area contributed by atoms with Crippen LogP contribution in [0.3, 0.4) is 0 Å². The van der Waals surface area contributed by atoms with Gasteiger partial charge in [-0.2, -0.15) is 0 Å². The van der Waals surface area contributed by atoms with E-state index in [1.165, 1.54) is 0 Å². The van der Waals surface area contributed by atoms with Crippen molar-refractivity contribution in [1.29, 1.82) is 0 Å². The lowest BCUT2D eigenvalue weighted by molar-refractivity contribution is 0.500. The van der Waals surface area contributed by atoms with Crippen molar-refractivity contribution < 1.29 is 0 Å². The number of fused-ring (bicyclic) bond motifs is 1. The van der Waals surface area contributed by atoms with Gasteiger partial charge in [-0.1, -0.05) is 12.1 Å². The molecule has 0 spiro atoms. The largest absolute Gasteiger partial charge is 0.352 e. The molecular formula is C15H24IN5. The Bertz CT molecular complexity index is 625. The van der Waals surface area contributed by atoms with Gasteiger partial charge >= 0.3 is 0 Å². The average molecular weight is 401 g/mol. The van der Waals surface area contributed by atoms with Crippen LogP contribution in [0, 0.1) is 0 Å². The highest BCUT2D eigenvalue weighted by molar-refractivity contribution is 14.0. The van der Waals surface area contributed by atoms with Crippen molar-refractivity contribution in [3.8, 4) is 0 Å². The fourth-order valence-electron chi connectivity index (χ4n) is 2.05. The summed E-state index contributed by atoms with van der Waals surface area (Å²) in [5, 5.41) is 6.63. The summed E-state index contributed by atoms with van der Waals surface area (Å²) >= 11 is 0. The number of aliphatic imine (C=N–C) groups is 1. The molecule has 6 heteroatoms. The molecule has 0 unspecified atom stereocenters. The molecule has 116 valence electrons. The molecule has 0 saturated heterocycles. The summed E-state index contributed by atoms with van der Waals surface area (Å²) in [4.78, 5) is 8.86. The zero-order valence-electron chi connectivity index (χ0n) is 13.3. The van der Waals surface area contributed by atoms with Crippen molar-refractivity contribution in [3.63, 3.8) is 0 Å². The average Bonchev–Trinajstić information content (AvgIpc) is 2.71. The predicted octanol–water partition coefficient (Wildman–Crippen LogP) is 2.65. The third kappa shape index (κ3) is 4.59. The molecule has 1 aromatic carbocycles. The fourth-order valence-corrected chi connectivity index (χ4v) is 2.05. The smallest absolute Gasteiger partial charge is 0.191 e. The van der Waals surface area contributed by atoms with Crippen molar-refractivity contribution in [1.82, 2.24) is 20.2 Å². The maximum atomic E-state index is 4.63. The van der Waals surface area contributed by atoms with Crippen LogP contribution in [0.15, 0.2) is 29.3 Å². The second-order valence-corrected chi connectivity index (χ2v) is 5.88. The fraction of sp³-hybridized carbons (Fsp3) is 0.467. The lowest BCUT2D eigenvalue weighted by Crippen LogP contribution is -2.47. The number of nitrogens with one attached hydrogen (secondary N) is 2. The summed E-state index contributed by atoms with van der Waals surface area (Å²) in [6.45, 7) is 6.96. The number of benzene rings is 1. The highest BCUT2D eigenvalue weighted by atomic mass is 127. The number of para-hydroxylation sites is 2. The third-order valence-corrected chi connectivity index (χ3v) is 3.01. The SMILES string of the molecule is CN=C(NCc1nc2ccccc2n1C)NC(C)(C)C.I. The number of imidazole rings is 1. The Balaban J connectivity index is 0.00000220. The Kier molecular flexibility index (Phi) is 6.00. The maximum Gasteiger partial charge on any atom is 0.191 e. The number of aryl methyl sites for hydroxylation is 1. The van der Waals surface area contributed by atoms with Gasteiger partial charge in [0.2, 0.25) is 0 Å². The van der Waals surface area contributed by atoms with Crippen LogP contribution < -0.4 is 10.6 Å². The summed E-state index contributed by atoms with van der Waals surface area (Å²) < 4.78 is 2.10. The highest BCUT2D eigenvalue weighted by Crippen LogP contribution is 2.13. The molecule has 5 nitrogen and oxygen atoms in total. The first-order valence-corrected chi connectivity index (χ1v) is 6.80. The van der Waals surface area contributed by atoms with E-state index in [4.69, 9.17) is 0 Å². The van der Waals surface area contributed by atoms with E-state index in [0.717, 1.165) is 22.8 Å². The first kappa shape index (κ1) is 17.7. The Hall–Kier alpha value is -1.31. The molecule has 2 rings (SSSR count). The lowest BCUT2D eigenvalue weighted by Gasteiger charge is -2.23. The summed E-state index contributed by atoms with van der Waals surface area (Å²) in [7, 11) is 3.81. The number of halogens is 1. The standard InChI is InChI=1S/C15H23N5.HI/c1-15(2,3)19-14(16-4)17-10-13-18-11-8-6-7-9-12(11)20(13)5;/h6-9H,10H2,1-5H3,(H2,16,17,19);1H. The van der Waals surface area contributed by atoms with E-state index < -0.39 is 0 Å². The first-order valence-electron chi connectivity index (χ1n) is 6.80. The molecule has 0 atom stereocenters. The predicted molar refractivity (Wildman–Crippen MR) is 99.2 cm³/mol. The van der Waals surface area contributed by atoms with Crippen LogP contribution in [-0.4, -0.2) is 28.1 Å². The van der Waals surface area contributed by atoms with Gasteiger partial charge in [0, 0.05) is 19.6 Å². The zero-order valence-corrected chi connectivity index (χ0v) is 15.6. The molecule has 1 aromatic heterocycles. The van der Waals surface area contributed by atoms with E-state index in [-0.39, 0.29) is 29.5 Å². The van der Waals surface area contributed by atoms with Crippen molar-refractivity contribution in [2.45, 2.75) is 32.9 Å². The molecule has 0 aliphatic rings. The monoisotopic (exact) mass is 401 g/mol. The number of nitrogens with zero attached hydrogens (tertiary/aromatic N) is 3. The van der Waals surface area contributed by atoms with E-state index in [9.17, 15) is 0 Å². The molecule has 0 bridgehead atoms. The second-order valence-electron chi connectivity index (χ2n) is 5.88. The van der Waals surface area contributed by atoms with Crippen LogP contribution in [0.1, 0.15) is 26.6 Å². The number of hydrogen-bond donors (Lipinski definition) is 2. The molecule has 0 amide bonds. The summed E-state index contributed by atoms with van der Waals surface area (Å²) in [5.74, 6) is 1.77. The van der Waals surface area contributed by atoms with Gasteiger partial charge in [0.25, 0.3) is 0 Å². The number of aromatic nitrogens is 2. The molecule has 0 saturated carbocycles. The molecule has 0 aliphatic heterocycles. The topological polar surface area (TPSA) is 54.2 Å². The van der Waals surface area contributed by atoms with Gasteiger partial charge in [0.05, 0.1) is 17.6 Å². The van der Waals surface area contributed by atoms with Gasteiger partial charge in [-0.25, -0.2) is 4.98 Å². The van der Waals surface area contributed by atoms with Crippen molar-refractivity contribution in [2.75, 3.05) is 7.05 Å². The Morgan fingerprint density at radius 1 is 1.29 bits per heavy atom. The highest BCUT2D eigenvalue weighted by Gasteiger charge is 2.13. The minimum Gasteiger partial charge on any atom is -0.352 e. The van der Waals surface area contributed by atoms with E-state index in [1.807, 2.05) is 25.2 Å². The molecule has 0 fully saturated rings. The summed E-state index contributed by atoms with van der Waals surface area (Å²) in [5.41, 5.74) is 2.14. The quantitative estimate of drug-likeness (QED) is 0.462. The molecule has 0 aliphatic carbocycles. The van der Waals surface area contributed by atoms with E-state index in [2.05, 4.69) is 52.0 Å². The first-order chi connectivity index (χ1) is 9.40. The van der Waals surface area contributed by atoms with Crippen LogP contribution in [0.5, 0.6) is 0 Å². The van der Waals surface area contributed by atoms with Crippen molar-refractivity contribution >= 4 is 41.0 Å². The number of guanidine groups is 1. The number of hydrogen-bond acceptors (Lipinski definition) is 2. The zero-order chi connectivity index (χ0) is 14.8. The Labute approximate surface area is 143 Å². The van der Waals surface area contributed by atoms with Gasteiger partial charge in [0.15, 0.2) is 5.96 Å². The van der Waals surface area contributed by atoms with Gasteiger partial charge in [-0.3, -0.25) is 4.99 Å². The van der Waals surface area contributed by atoms with Gasteiger partial charge in [-0.15, -0.1) is 24.0 Å². The molecule has 0 radical (unpaired) electrons. The Morgan fingerprint density at radius 3 is 2.52 bits per heavy atom. The molecule has 1 heterocycles. The lowest BCUT2D eigenvalue weighted by atomic mass is 10.1. The minimum atomic E-state index is -0.0196.